The van der Waals surface area contributed by atoms with Gasteiger partial charge in [-0.25, -0.2) is 13.1 Å². The van der Waals surface area contributed by atoms with Crippen molar-refractivity contribution in [1.29, 1.82) is 0 Å². The summed E-state index contributed by atoms with van der Waals surface area (Å²) in [5.41, 5.74) is 9.32. The van der Waals surface area contributed by atoms with Crippen molar-refractivity contribution >= 4 is 41.1 Å². The number of nitrogens with two attached hydrogens (primary N) is 1. The van der Waals surface area contributed by atoms with Gasteiger partial charge in [-0.3, -0.25) is 4.57 Å². The highest BCUT2D eigenvalue weighted by Gasteiger charge is 2.27. The fourth-order valence-corrected chi connectivity index (χ4v) is 8.36. The Morgan fingerprint density at radius 3 is 1.90 bits per heavy atom. The van der Waals surface area contributed by atoms with E-state index in [-0.39, 0.29) is 11.1 Å². The highest BCUT2D eigenvalue weighted by molar-refractivity contribution is 8.02. The van der Waals surface area contributed by atoms with Crippen LogP contribution in [0.3, 0.4) is 0 Å². The van der Waals surface area contributed by atoms with E-state index < -0.39 is 29.7 Å². The summed E-state index contributed by atoms with van der Waals surface area (Å²) in [6.07, 6.45) is 4.40. The number of sulfonamides is 1. The third-order valence-electron chi connectivity index (χ3n) is 6.61. The molecule has 0 bridgehead atoms. The van der Waals surface area contributed by atoms with Gasteiger partial charge in [0.2, 0.25) is 10.0 Å². The molecule has 0 amide bonds. The summed E-state index contributed by atoms with van der Waals surface area (Å²) in [5, 5.41) is 0. The van der Waals surface area contributed by atoms with E-state index in [9.17, 15) is 13.0 Å². The average molecular weight is 637 g/mol. The summed E-state index contributed by atoms with van der Waals surface area (Å²) in [7, 11) is -7.65. The molecule has 0 unspecified atom stereocenters. The first kappa shape index (κ1) is 33.9. The average Bonchev–Trinajstić information content (AvgIpc) is 2.97. The third kappa shape index (κ3) is 12.6. The van der Waals surface area contributed by atoms with E-state index in [1.807, 2.05) is 96.3 Å². The molecule has 0 saturated carbocycles. The molecule has 224 valence electrons. The molecule has 0 aromatic heterocycles. The van der Waals surface area contributed by atoms with E-state index in [0.717, 1.165) is 65.4 Å². The molecule has 0 fully saturated rings. The predicted molar refractivity (Wildman–Crippen MR) is 173 cm³/mol. The lowest BCUT2D eigenvalue weighted by molar-refractivity contribution is 0.370. The molecule has 0 radical (unpaired) electrons. The second kappa shape index (κ2) is 17.5. The first-order valence-corrected chi connectivity index (χ1v) is 19.4. The summed E-state index contributed by atoms with van der Waals surface area (Å²) >= 11 is 3.80. The Kier molecular flexibility index (Phi) is 14.4. The molecular weight excluding hydrogens is 596 g/mol. The van der Waals surface area contributed by atoms with Crippen molar-refractivity contribution in [2.24, 2.45) is 5.73 Å². The number of hydrogen-bond donors (Lipinski definition) is 4. The van der Waals surface area contributed by atoms with Crippen LogP contribution in [0.25, 0.3) is 0 Å². The van der Waals surface area contributed by atoms with Crippen molar-refractivity contribution in [3.63, 3.8) is 0 Å². The summed E-state index contributed by atoms with van der Waals surface area (Å²) in [4.78, 5) is 17.9. The molecule has 11 heteroatoms. The van der Waals surface area contributed by atoms with Crippen LogP contribution in [0.5, 0.6) is 0 Å². The quantitative estimate of drug-likeness (QED) is 0.0911. The van der Waals surface area contributed by atoms with E-state index in [4.69, 9.17) is 15.5 Å². The number of unbranched alkanes of at least 4 members (excludes halogenated alkanes) is 3. The van der Waals surface area contributed by atoms with Crippen molar-refractivity contribution in [2.75, 3.05) is 29.2 Å². The number of rotatable bonds is 19. The lowest BCUT2D eigenvalue weighted by Crippen LogP contribution is -2.36. The minimum Gasteiger partial charge on any atom is -0.324 e. The summed E-state index contributed by atoms with van der Waals surface area (Å²) < 4.78 is 40.4. The summed E-state index contributed by atoms with van der Waals surface area (Å²) in [6.45, 7) is 0. The van der Waals surface area contributed by atoms with Crippen molar-refractivity contribution in [3.05, 3.63) is 102 Å². The van der Waals surface area contributed by atoms with Crippen LogP contribution in [-0.4, -0.2) is 47.4 Å². The molecule has 3 aromatic rings. The molecule has 3 aromatic carbocycles. The van der Waals surface area contributed by atoms with Crippen molar-refractivity contribution in [1.82, 2.24) is 4.72 Å². The molecule has 3 rings (SSSR count). The third-order valence-corrected chi connectivity index (χ3v) is 11.3. The van der Waals surface area contributed by atoms with Gasteiger partial charge < -0.3 is 15.5 Å². The van der Waals surface area contributed by atoms with E-state index >= 15 is 0 Å². The number of nitrogens with one attached hydrogen (secondary N) is 1. The van der Waals surface area contributed by atoms with Gasteiger partial charge >= 0.3 is 7.60 Å². The van der Waals surface area contributed by atoms with Crippen molar-refractivity contribution in [2.45, 2.75) is 49.1 Å². The Hall–Kier alpha value is -1.62. The highest BCUT2D eigenvalue weighted by Crippen LogP contribution is 2.35. The van der Waals surface area contributed by atoms with Crippen LogP contribution in [0.15, 0.2) is 89.8 Å². The summed E-state index contributed by atoms with van der Waals surface area (Å²) in [6, 6.07) is 24.8. The maximum absolute atomic E-state index is 13.4. The zero-order valence-corrected chi connectivity index (χ0v) is 26.5. The Labute approximate surface area is 253 Å². The molecule has 5 N–H and O–H groups in total. The lowest BCUT2D eigenvalue weighted by atomic mass is 9.95. The highest BCUT2D eigenvalue weighted by atomic mass is 32.2. The van der Waals surface area contributed by atoms with Gasteiger partial charge in [0.1, 0.15) is 0 Å². The fraction of sp³-hybridized carbons (Fsp3) is 0.400. The van der Waals surface area contributed by atoms with Gasteiger partial charge in [0.15, 0.2) is 0 Å². The minimum absolute atomic E-state index is 0.00953. The lowest BCUT2D eigenvalue weighted by Gasteiger charge is -2.26. The van der Waals surface area contributed by atoms with Gasteiger partial charge in [0, 0.05) is 17.7 Å². The molecule has 0 heterocycles. The zero-order valence-electron chi connectivity index (χ0n) is 23.2. The second-order valence-corrected chi connectivity index (χ2v) is 15.8. The molecule has 41 heavy (non-hydrogen) atoms. The molecule has 7 nitrogen and oxygen atoms in total. The maximum atomic E-state index is 13.4. The van der Waals surface area contributed by atoms with Crippen molar-refractivity contribution in [3.8, 4) is 0 Å². The van der Waals surface area contributed by atoms with Gasteiger partial charge in [0.25, 0.3) is 0 Å². The van der Waals surface area contributed by atoms with Crippen LogP contribution >= 0.6 is 31.1 Å². The largest absolute Gasteiger partial charge is 0.325 e. The molecule has 2 atom stereocenters. The molecule has 0 aliphatic carbocycles. The van der Waals surface area contributed by atoms with Crippen LogP contribution < -0.4 is 10.5 Å². The topological polar surface area (TPSA) is 130 Å². The van der Waals surface area contributed by atoms with E-state index in [2.05, 4.69) is 4.72 Å². The Balaban J connectivity index is 1.42. The second-order valence-electron chi connectivity index (χ2n) is 9.87. The van der Waals surface area contributed by atoms with Gasteiger partial charge in [-0.1, -0.05) is 85.6 Å². The van der Waals surface area contributed by atoms with E-state index in [1.165, 1.54) is 0 Å². The molecular formula is C30H41N2O5PS3. The SMILES string of the molecule is N[C@H](c1ccccc1)[C@H](NS(=O)(=O)c1ccc(CCSCCSCCCCCCP(=O)(O)O)cc1)c1ccccc1. The van der Waals surface area contributed by atoms with Crippen molar-refractivity contribution < 1.29 is 22.8 Å². The van der Waals surface area contributed by atoms with Crippen LogP contribution in [-0.2, 0) is 21.0 Å². The Morgan fingerprint density at radius 2 is 1.29 bits per heavy atom. The normalized spacial score (nSPS) is 13.6. The minimum atomic E-state index is -3.85. The first-order chi connectivity index (χ1) is 19.7. The molecule has 0 aliphatic rings. The van der Waals surface area contributed by atoms with E-state index in [0.29, 0.717) is 6.42 Å². The van der Waals surface area contributed by atoms with Gasteiger partial charge in [-0.05, 0) is 59.6 Å². The van der Waals surface area contributed by atoms with Gasteiger partial charge in [0.05, 0.1) is 17.0 Å². The number of thioether (sulfide) groups is 2. The van der Waals surface area contributed by atoms with Gasteiger partial charge in [-0.15, -0.1) is 0 Å². The molecule has 0 saturated heterocycles. The monoisotopic (exact) mass is 636 g/mol. The zero-order chi connectivity index (χ0) is 29.6. The first-order valence-electron chi connectivity index (χ1n) is 13.8. The molecule has 0 spiro atoms. The van der Waals surface area contributed by atoms with Crippen LogP contribution in [0.1, 0.15) is 54.5 Å². The Morgan fingerprint density at radius 1 is 0.732 bits per heavy atom. The Bertz CT molecular complexity index is 1310. The van der Waals surface area contributed by atoms with Crippen LogP contribution in [0.2, 0.25) is 0 Å². The number of aryl methyl sites for hydroxylation is 1. The fourth-order valence-electron chi connectivity index (χ4n) is 4.33. The van der Waals surface area contributed by atoms with Crippen LogP contribution in [0, 0.1) is 0 Å². The predicted octanol–water partition coefficient (Wildman–Crippen LogP) is 6.15. The summed E-state index contributed by atoms with van der Waals surface area (Å²) in [5.74, 6) is 4.17. The maximum Gasteiger partial charge on any atom is 0.325 e. The smallest absolute Gasteiger partial charge is 0.324 e. The molecule has 0 aliphatic heterocycles. The van der Waals surface area contributed by atoms with Crippen LogP contribution in [0.4, 0.5) is 0 Å². The number of hydrogen-bond acceptors (Lipinski definition) is 6. The van der Waals surface area contributed by atoms with E-state index in [1.54, 1.807) is 12.1 Å². The van der Waals surface area contributed by atoms with Gasteiger partial charge in [-0.2, -0.15) is 23.5 Å². The number of benzene rings is 3. The standard InChI is InChI=1S/C30H41N2O5PS3/c31-29(26-11-5-3-6-12-26)30(27-13-7-4-8-14-27)32-41(36,37)28-17-15-25(16-18-28)19-22-40-24-23-39-21-10-2-1-9-20-38(33,34)35/h3-8,11-18,29-30,32H,1-2,9-10,19-24,31H2,(H2,33,34,35)/t29-,30-/m1/s1.